The maximum atomic E-state index is 4.94. The van der Waals surface area contributed by atoms with Crippen molar-refractivity contribution in [3.8, 4) is 0 Å². The molecule has 3 saturated heterocycles. The summed E-state index contributed by atoms with van der Waals surface area (Å²) in [6.07, 6.45) is 5.22. The van der Waals surface area contributed by atoms with E-state index in [1.807, 2.05) is 0 Å². The monoisotopic (exact) mass is 187 g/mol. The van der Waals surface area contributed by atoms with Crippen molar-refractivity contribution >= 4 is 0 Å². The number of hydrogen-bond acceptors (Lipinski definition) is 3. The van der Waals surface area contributed by atoms with Crippen LogP contribution >= 0.6 is 0 Å². The van der Waals surface area contributed by atoms with Gasteiger partial charge in [0.2, 0.25) is 0 Å². The molecule has 1 N–H and O–H groups in total. The molecule has 3 heterocycles. The molecule has 0 radical (unpaired) electrons. The highest BCUT2D eigenvalue weighted by Gasteiger charge is 1.95. The van der Waals surface area contributed by atoms with Crippen molar-refractivity contribution in [3.05, 3.63) is 0 Å². The molecule has 0 aromatic carbocycles. The Labute approximate surface area is 80.8 Å². The fraction of sp³-hybridized carbons (Fsp3) is 1.00. The summed E-state index contributed by atoms with van der Waals surface area (Å²) in [4.78, 5) is 0. The fourth-order valence-corrected chi connectivity index (χ4v) is 0.831. The molecule has 0 saturated carbocycles. The molecule has 0 aromatic heterocycles. The van der Waals surface area contributed by atoms with Crippen molar-refractivity contribution in [3.63, 3.8) is 0 Å². The van der Waals surface area contributed by atoms with Crippen molar-refractivity contribution in [2.45, 2.75) is 25.7 Å². The van der Waals surface area contributed by atoms with Gasteiger partial charge in [0.1, 0.15) is 0 Å². The smallest absolute Gasteiger partial charge is 0.0488 e. The zero-order valence-corrected chi connectivity index (χ0v) is 8.39. The zero-order valence-electron chi connectivity index (χ0n) is 8.39. The number of ether oxygens (including phenoxy) is 2. The van der Waals surface area contributed by atoms with Crippen molar-refractivity contribution in [1.29, 1.82) is 0 Å². The van der Waals surface area contributed by atoms with E-state index in [0.29, 0.717) is 0 Å². The third kappa shape index (κ3) is 6.99. The number of rotatable bonds is 0. The highest BCUT2D eigenvalue weighted by Crippen LogP contribution is 1.98. The summed E-state index contributed by atoms with van der Waals surface area (Å²) in [5.74, 6) is 0. The molecule has 13 heavy (non-hydrogen) atoms. The quantitative estimate of drug-likeness (QED) is 0.618. The summed E-state index contributed by atoms with van der Waals surface area (Å²) in [5, 5.41) is 3.11. The predicted octanol–water partition coefficient (Wildman–Crippen LogP) is 1.18. The highest BCUT2D eigenvalue weighted by atomic mass is 16.5. The van der Waals surface area contributed by atoms with Crippen LogP contribution in [0.2, 0.25) is 0 Å². The van der Waals surface area contributed by atoms with Crippen LogP contribution < -0.4 is 5.32 Å². The standard InChI is InChI=1S/C4H8O.C3H7N.C3H6O/c1-2-4-5-3-1;2*1-2-4-3-1/h1-4H2;4H,1-3H2;1-3H2. The Bertz CT molecular complexity index is 73.5. The average Bonchev–Trinajstić information content (AvgIpc) is 2.28. The van der Waals surface area contributed by atoms with Crippen LogP contribution in [0, 0.1) is 0 Å². The van der Waals surface area contributed by atoms with Crippen molar-refractivity contribution < 1.29 is 9.47 Å². The Morgan fingerprint density at radius 3 is 1.08 bits per heavy atom. The van der Waals surface area contributed by atoms with Crippen LogP contribution in [-0.2, 0) is 9.47 Å². The number of nitrogens with one attached hydrogen (secondary N) is 1. The zero-order chi connectivity index (χ0) is 9.19. The lowest BCUT2D eigenvalue weighted by Crippen LogP contribution is -2.29. The van der Waals surface area contributed by atoms with Crippen LogP contribution in [-0.4, -0.2) is 39.5 Å². The van der Waals surface area contributed by atoms with Crippen LogP contribution in [0.25, 0.3) is 0 Å². The Morgan fingerprint density at radius 1 is 0.615 bits per heavy atom. The molecular formula is C10H21NO2. The molecule has 3 aliphatic heterocycles. The topological polar surface area (TPSA) is 30.5 Å². The molecule has 0 unspecified atom stereocenters. The van der Waals surface area contributed by atoms with E-state index in [4.69, 9.17) is 9.47 Å². The largest absolute Gasteiger partial charge is 0.381 e. The summed E-state index contributed by atoms with van der Waals surface area (Å²) in [6, 6.07) is 0. The van der Waals surface area contributed by atoms with Crippen molar-refractivity contribution in [1.82, 2.24) is 5.32 Å². The maximum Gasteiger partial charge on any atom is 0.0488 e. The molecule has 0 aliphatic carbocycles. The van der Waals surface area contributed by atoms with Gasteiger partial charge in [0.05, 0.1) is 0 Å². The lowest BCUT2D eigenvalue weighted by atomic mass is 10.3. The first-order valence-corrected chi connectivity index (χ1v) is 5.36. The molecule has 3 rings (SSSR count). The third-order valence-corrected chi connectivity index (χ3v) is 2.11. The van der Waals surface area contributed by atoms with Gasteiger partial charge in [0.15, 0.2) is 0 Å². The van der Waals surface area contributed by atoms with Gasteiger partial charge in [0.25, 0.3) is 0 Å². The summed E-state index contributed by atoms with van der Waals surface area (Å²) in [7, 11) is 0. The van der Waals surface area contributed by atoms with Gasteiger partial charge in [-0.15, -0.1) is 0 Å². The lowest BCUT2D eigenvalue weighted by molar-refractivity contribution is 0.0367. The van der Waals surface area contributed by atoms with E-state index in [0.717, 1.165) is 26.4 Å². The van der Waals surface area contributed by atoms with E-state index < -0.39 is 0 Å². The Morgan fingerprint density at radius 2 is 1.00 bits per heavy atom. The normalized spacial score (nSPS) is 24.0. The molecule has 0 aromatic rings. The first-order valence-electron chi connectivity index (χ1n) is 5.36. The molecule has 3 heteroatoms. The van der Waals surface area contributed by atoms with Crippen molar-refractivity contribution in [2.24, 2.45) is 0 Å². The minimum absolute atomic E-state index is 1.00. The van der Waals surface area contributed by atoms with Crippen LogP contribution in [0.3, 0.4) is 0 Å². The maximum absolute atomic E-state index is 4.94. The van der Waals surface area contributed by atoms with Gasteiger partial charge in [-0.05, 0) is 38.8 Å². The van der Waals surface area contributed by atoms with Gasteiger partial charge in [-0.3, -0.25) is 0 Å². The fourth-order valence-electron chi connectivity index (χ4n) is 0.831. The SMILES string of the molecule is C1CCOC1.C1CNC1.C1COC1. The molecule has 78 valence electrons. The molecule has 0 bridgehead atoms. The molecule has 3 nitrogen and oxygen atoms in total. The Balaban J connectivity index is 0.0000000984. The van der Waals surface area contributed by atoms with Gasteiger partial charge in [0, 0.05) is 26.4 Å². The first-order chi connectivity index (χ1) is 6.50. The molecular weight excluding hydrogens is 166 g/mol. The second kappa shape index (κ2) is 8.48. The minimum Gasteiger partial charge on any atom is -0.381 e. The van der Waals surface area contributed by atoms with E-state index in [1.54, 1.807) is 0 Å². The van der Waals surface area contributed by atoms with Crippen molar-refractivity contribution in [2.75, 3.05) is 39.5 Å². The molecule has 0 amide bonds. The van der Waals surface area contributed by atoms with Crippen LogP contribution in [0.5, 0.6) is 0 Å². The Hall–Kier alpha value is -0.120. The summed E-state index contributed by atoms with van der Waals surface area (Å²) in [6.45, 7) is 6.50. The minimum atomic E-state index is 1.00. The molecule has 0 spiro atoms. The van der Waals surface area contributed by atoms with Crippen LogP contribution in [0.15, 0.2) is 0 Å². The summed E-state index contributed by atoms with van der Waals surface area (Å²) < 4.78 is 9.67. The first kappa shape index (κ1) is 11.0. The Kier molecular flexibility index (Phi) is 7.15. The van der Waals surface area contributed by atoms with Gasteiger partial charge in [-0.2, -0.15) is 0 Å². The van der Waals surface area contributed by atoms with E-state index in [2.05, 4.69) is 5.32 Å². The van der Waals surface area contributed by atoms with E-state index >= 15 is 0 Å². The van der Waals surface area contributed by atoms with E-state index in [9.17, 15) is 0 Å². The molecule has 3 aliphatic rings. The van der Waals surface area contributed by atoms with Gasteiger partial charge >= 0.3 is 0 Å². The second-order valence-corrected chi connectivity index (χ2v) is 3.39. The summed E-state index contributed by atoms with van der Waals surface area (Å²) >= 11 is 0. The number of hydrogen-bond donors (Lipinski definition) is 1. The van der Waals surface area contributed by atoms with E-state index in [-0.39, 0.29) is 0 Å². The predicted molar refractivity (Wildman–Crippen MR) is 53.0 cm³/mol. The van der Waals surface area contributed by atoms with Gasteiger partial charge in [-0.25, -0.2) is 0 Å². The van der Waals surface area contributed by atoms with Gasteiger partial charge in [-0.1, -0.05) is 0 Å². The lowest BCUT2D eigenvalue weighted by Gasteiger charge is -2.09. The third-order valence-electron chi connectivity index (χ3n) is 2.11. The van der Waals surface area contributed by atoms with Crippen LogP contribution in [0.4, 0.5) is 0 Å². The molecule has 3 fully saturated rings. The van der Waals surface area contributed by atoms with E-state index in [1.165, 1.54) is 38.8 Å². The second-order valence-electron chi connectivity index (χ2n) is 3.39. The molecule has 0 atom stereocenters. The average molecular weight is 187 g/mol. The van der Waals surface area contributed by atoms with Crippen LogP contribution in [0.1, 0.15) is 25.7 Å². The van der Waals surface area contributed by atoms with Gasteiger partial charge < -0.3 is 14.8 Å². The summed E-state index contributed by atoms with van der Waals surface area (Å²) in [5.41, 5.74) is 0. The highest BCUT2D eigenvalue weighted by molar-refractivity contribution is 4.56.